The van der Waals surface area contributed by atoms with Crippen LogP contribution in [0.4, 0.5) is 0 Å². The molecule has 0 aromatic carbocycles. The lowest BCUT2D eigenvalue weighted by Gasteiger charge is -2.03. The third kappa shape index (κ3) is 3.13. The van der Waals surface area contributed by atoms with Gasteiger partial charge in [0.1, 0.15) is 4.88 Å². The van der Waals surface area contributed by atoms with E-state index in [1.54, 1.807) is 10.6 Å². The molecule has 2 heterocycles. The van der Waals surface area contributed by atoms with E-state index in [-0.39, 0.29) is 5.69 Å². The molecule has 0 amide bonds. The van der Waals surface area contributed by atoms with Gasteiger partial charge in [0.05, 0.1) is 0 Å². The lowest BCUT2D eigenvalue weighted by Crippen LogP contribution is -2.17. The molecule has 0 aliphatic carbocycles. The molecule has 0 aliphatic heterocycles. The summed E-state index contributed by atoms with van der Waals surface area (Å²) in [5.41, 5.74) is 0.763. The van der Waals surface area contributed by atoms with Crippen LogP contribution in [0, 0.1) is 6.92 Å². The number of H-pyrrole nitrogens is 1. The molecule has 0 atom stereocenters. The Hall–Kier alpha value is -1.54. The van der Waals surface area contributed by atoms with Crippen molar-refractivity contribution in [1.82, 2.24) is 14.8 Å². The molecular weight excluding hydrogens is 298 g/mol. The number of hydrogen-bond acceptors (Lipinski definition) is 5. The average Bonchev–Trinajstić information content (AvgIpc) is 2.93. The van der Waals surface area contributed by atoms with E-state index in [0.29, 0.717) is 22.3 Å². The summed E-state index contributed by atoms with van der Waals surface area (Å²) < 4.78 is 1.60. The maximum atomic E-state index is 11.6. The Bertz CT molecular complexity index is 672. The van der Waals surface area contributed by atoms with Crippen LogP contribution in [0.5, 0.6) is 0 Å². The molecular formula is C12H15N3O3S2. The van der Waals surface area contributed by atoms with Crippen LogP contribution in [-0.4, -0.2) is 25.8 Å². The van der Waals surface area contributed by atoms with Gasteiger partial charge in [0, 0.05) is 17.2 Å². The summed E-state index contributed by atoms with van der Waals surface area (Å²) in [6, 6.07) is 1.68. The lowest BCUT2D eigenvalue weighted by atomic mass is 10.3. The number of nitrogens with zero attached hydrogens (tertiary/aromatic N) is 2. The molecule has 0 bridgehead atoms. The highest BCUT2D eigenvalue weighted by molar-refractivity contribution is 7.98. The van der Waals surface area contributed by atoms with Gasteiger partial charge in [-0.2, -0.15) is 0 Å². The fourth-order valence-electron chi connectivity index (χ4n) is 1.75. The fraction of sp³-hybridized carbons (Fsp3) is 0.417. The number of thiophene rings is 1. The number of aryl methyl sites for hydroxylation is 1. The zero-order valence-corrected chi connectivity index (χ0v) is 12.8. The molecule has 2 N–H and O–H groups in total. The summed E-state index contributed by atoms with van der Waals surface area (Å²) in [4.78, 5) is 23.8. The highest BCUT2D eigenvalue weighted by Crippen LogP contribution is 2.27. The number of aromatic amines is 1. The Morgan fingerprint density at radius 2 is 2.35 bits per heavy atom. The van der Waals surface area contributed by atoms with Gasteiger partial charge in [0.15, 0.2) is 5.16 Å². The molecule has 0 fully saturated rings. The maximum Gasteiger partial charge on any atom is 0.345 e. The molecule has 0 aliphatic rings. The normalized spacial score (nSPS) is 10.9. The van der Waals surface area contributed by atoms with Crippen molar-refractivity contribution in [1.29, 1.82) is 0 Å². The summed E-state index contributed by atoms with van der Waals surface area (Å²) in [6.07, 6.45) is 0.855. The average molecular weight is 313 g/mol. The number of rotatable bonds is 6. The number of carboxylic acids is 1. The highest BCUT2D eigenvalue weighted by atomic mass is 32.2. The molecule has 2 aromatic heterocycles. The van der Waals surface area contributed by atoms with E-state index in [1.807, 2.05) is 13.8 Å². The predicted molar refractivity (Wildman–Crippen MR) is 78.7 cm³/mol. The van der Waals surface area contributed by atoms with Crippen molar-refractivity contribution in [2.24, 2.45) is 0 Å². The SMILES string of the molecule is CCCn1c(SCc2cc(C(=O)O)sc2C)n[nH]c1=O. The molecule has 108 valence electrons. The Kier molecular flexibility index (Phi) is 4.66. The Morgan fingerprint density at radius 3 is 2.95 bits per heavy atom. The number of carbonyl (C=O) groups is 1. The first-order valence-electron chi connectivity index (χ1n) is 6.13. The van der Waals surface area contributed by atoms with Gasteiger partial charge in [-0.25, -0.2) is 14.7 Å². The smallest absolute Gasteiger partial charge is 0.345 e. The summed E-state index contributed by atoms with van der Waals surface area (Å²) in [5.74, 6) is -0.305. The van der Waals surface area contributed by atoms with E-state index in [2.05, 4.69) is 10.2 Å². The van der Waals surface area contributed by atoms with Crippen LogP contribution >= 0.6 is 23.1 Å². The predicted octanol–water partition coefficient (Wildman–Crippen LogP) is 2.34. The van der Waals surface area contributed by atoms with Gasteiger partial charge in [0.25, 0.3) is 0 Å². The van der Waals surface area contributed by atoms with Gasteiger partial charge in [-0.15, -0.1) is 16.4 Å². The van der Waals surface area contributed by atoms with Crippen molar-refractivity contribution in [2.75, 3.05) is 0 Å². The molecule has 2 aromatic rings. The fourth-order valence-corrected chi connectivity index (χ4v) is 3.74. The van der Waals surface area contributed by atoms with Gasteiger partial charge >= 0.3 is 11.7 Å². The minimum atomic E-state index is -0.906. The summed E-state index contributed by atoms with van der Waals surface area (Å²) in [7, 11) is 0. The standard InChI is InChI=1S/C12H15N3O3S2/c1-3-4-15-11(18)13-14-12(15)19-6-8-5-9(10(16)17)20-7(8)2/h5H,3-4,6H2,1-2H3,(H,13,18)(H,16,17). The Morgan fingerprint density at radius 1 is 1.60 bits per heavy atom. The number of aromatic carboxylic acids is 1. The van der Waals surface area contributed by atoms with E-state index >= 15 is 0 Å². The molecule has 8 heteroatoms. The van der Waals surface area contributed by atoms with Crippen LogP contribution < -0.4 is 5.69 Å². The van der Waals surface area contributed by atoms with Crippen LogP contribution in [-0.2, 0) is 12.3 Å². The topological polar surface area (TPSA) is 88.0 Å². The molecule has 0 saturated heterocycles. The van der Waals surface area contributed by atoms with E-state index < -0.39 is 5.97 Å². The number of carboxylic acid groups (broad SMARTS) is 1. The Labute approximate surface area is 123 Å². The summed E-state index contributed by atoms with van der Waals surface area (Å²) >= 11 is 2.70. The third-order valence-electron chi connectivity index (χ3n) is 2.76. The maximum absolute atomic E-state index is 11.6. The van der Waals surface area contributed by atoms with Crippen molar-refractivity contribution in [2.45, 2.75) is 37.7 Å². The Balaban J connectivity index is 2.13. The van der Waals surface area contributed by atoms with E-state index in [1.165, 1.54) is 23.1 Å². The van der Waals surface area contributed by atoms with Crippen LogP contribution in [0.1, 0.15) is 33.5 Å². The summed E-state index contributed by atoms with van der Waals surface area (Å²) in [6.45, 7) is 4.52. The monoisotopic (exact) mass is 313 g/mol. The second-order valence-corrected chi connectivity index (χ2v) is 6.45. The minimum Gasteiger partial charge on any atom is -0.477 e. The van der Waals surface area contributed by atoms with Gasteiger partial charge in [-0.3, -0.25) is 4.57 Å². The molecule has 6 nitrogen and oxygen atoms in total. The second kappa shape index (κ2) is 6.27. The van der Waals surface area contributed by atoms with Gasteiger partial charge in [0.2, 0.25) is 0 Å². The molecule has 0 unspecified atom stereocenters. The van der Waals surface area contributed by atoms with Crippen LogP contribution in [0.15, 0.2) is 16.0 Å². The molecule has 20 heavy (non-hydrogen) atoms. The number of thioether (sulfide) groups is 1. The first-order valence-corrected chi connectivity index (χ1v) is 7.93. The number of aromatic nitrogens is 3. The third-order valence-corrected chi connectivity index (χ3v) is 4.86. The van der Waals surface area contributed by atoms with Gasteiger partial charge in [-0.05, 0) is 25.0 Å². The zero-order chi connectivity index (χ0) is 14.7. The highest BCUT2D eigenvalue weighted by Gasteiger charge is 2.13. The van der Waals surface area contributed by atoms with Crippen molar-refractivity contribution in [3.8, 4) is 0 Å². The lowest BCUT2D eigenvalue weighted by molar-refractivity contribution is 0.0702. The second-order valence-electron chi connectivity index (χ2n) is 4.25. The van der Waals surface area contributed by atoms with Crippen LogP contribution in [0.25, 0.3) is 0 Å². The molecule has 2 rings (SSSR count). The van der Waals surface area contributed by atoms with Crippen LogP contribution in [0.2, 0.25) is 0 Å². The van der Waals surface area contributed by atoms with E-state index in [0.717, 1.165) is 16.9 Å². The van der Waals surface area contributed by atoms with Crippen molar-refractivity contribution < 1.29 is 9.90 Å². The number of hydrogen-bond donors (Lipinski definition) is 2. The van der Waals surface area contributed by atoms with Gasteiger partial charge in [-0.1, -0.05) is 18.7 Å². The summed E-state index contributed by atoms with van der Waals surface area (Å²) in [5, 5.41) is 16.0. The molecule has 0 spiro atoms. The quantitative estimate of drug-likeness (QED) is 0.799. The molecule has 0 radical (unpaired) electrons. The van der Waals surface area contributed by atoms with E-state index in [4.69, 9.17) is 5.11 Å². The first kappa shape index (κ1) is 14.9. The minimum absolute atomic E-state index is 0.206. The zero-order valence-electron chi connectivity index (χ0n) is 11.2. The largest absolute Gasteiger partial charge is 0.477 e. The first-order chi connectivity index (χ1) is 9.52. The van der Waals surface area contributed by atoms with Crippen LogP contribution in [0.3, 0.4) is 0 Å². The molecule has 0 saturated carbocycles. The number of nitrogens with one attached hydrogen (secondary N) is 1. The van der Waals surface area contributed by atoms with Crippen molar-refractivity contribution in [3.05, 3.63) is 31.9 Å². The van der Waals surface area contributed by atoms with E-state index in [9.17, 15) is 9.59 Å². The van der Waals surface area contributed by atoms with Crippen molar-refractivity contribution >= 4 is 29.1 Å². The van der Waals surface area contributed by atoms with Gasteiger partial charge < -0.3 is 5.11 Å². The van der Waals surface area contributed by atoms with Crippen molar-refractivity contribution in [3.63, 3.8) is 0 Å².